The predicted molar refractivity (Wildman–Crippen MR) is 104 cm³/mol. The molecule has 2 aromatic rings. The number of methoxy groups -OCH3 is 1. The van der Waals surface area contributed by atoms with Crippen LogP contribution in [0, 0.1) is 5.82 Å². The number of rotatable bonds is 7. The Morgan fingerprint density at radius 1 is 1.52 bits per heavy atom. The van der Waals surface area contributed by atoms with Crippen LogP contribution in [0.1, 0.15) is 24.2 Å². The number of ether oxygens (including phenoxy) is 1. The highest BCUT2D eigenvalue weighted by Crippen LogP contribution is 2.27. The zero-order valence-electron chi connectivity index (χ0n) is 15.7. The summed E-state index contributed by atoms with van der Waals surface area (Å²) in [5.74, 6) is -0.267. The molecule has 0 radical (unpaired) electrons. The fourth-order valence-corrected chi connectivity index (χ4v) is 4.14. The first-order valence-corrected chi connectivity index (χ1v) is 9.88. The molecule has 1 unspecified atom stereocenters. The number of amides is 1. The van der Waals surface area contributed by atoms with Crippen molar-refractivity contribution in [1.29, 1.82) is 0 Å². The van der Waals surface area contributed by atoms with Gasteiger partial charge in [-0.1, -0.05) is 12.1 Å². The molecule has 0 spiro atoms. The van der Waals surface area contributed by atoms with Gasteiger partial charge in [0, 0.05) is 51.6 Å². The van der Waals surface area contributed by atoms with Crippen molar-refractivity contribution in [2.45, 2.75) is 19.5 Å². The summed E-state index contributed by atoms with van der Waals surface area (Å²) in [5, 5.41) is 6.06. The second-order valence-corrected chi connectivity index (χ2v) is 7.37. The lowest BCUT2D eigenvalue weighted by Gasteiger charge is -2.36. The third-order valence-corrected chi connectivity index (χ3v) is 5.53. The lowest BCUT2D eigenvalue weighted by molar-refractivity contribution is -0.116. The van der Waals surface area contributed by atoms with Crippen molar-refractivity contribution >= 4 is 22.4 Å². The Labute approximate surface area is 163 Å². The van der Waals surface area contributed by atoms with E-state index in [1.807, 2.05) is 11.4 Å². The Kier molecular flexibility index (Phi) is 6.89. The summed E-state index contributed by atoms with van der Waals surface area (Å²) in [5.41, 5.74) is 1.88. The lowest BCUT2D eigenvalue weighted by atomic mass is 10.0. The van der Waals surface area contributed by atoms with Gasteiger partial charge < -0.3 is 10.1 Å². The normalized spacial score (nSPS) is 17.8. The van der Waals surface area contributed by atoms with Crippen molar-refractivity contribution in [2.24, 2.45) is 0 Å². The third kappa shape index (κ3) is 5.10. The molecule has 0 bridgehead atoms. The average Bonchev–Trinajstić information content (AvgIpc) is 3.10. The van der Waals surface area contributed by atoms with Gasteiger partial charge in [0.2, 0.25) is 5.91 Å². The van der Waals surface area contributed by atoms with E-state index in [0.717, 1.165) is 30.9 Å². The van der Waals surface area contributed by atoms with Crippen LogP contribution in [-0.4, -0.2) is 55.7 Å². The van der Waals surface area contributed by atoms with Crippen molar-refractivity contribution in [3.8, 4) is 0 Å². The summed E-state index contributed by atoms with van der Waals surface area (Å²) in [6.45, 7) is 5.66. The lowest BCUT2D eigenvalue weighted by Crippen LogP contribution is -2.45. The van der Waals surface area contributed by atoms with E-state index in [0.29, 0.717) is 24.8 Å². The van der Waals surface area contributed by atoms with Crippen molar-refractivity contribution in [3.05, 3.63) is 46.7 Å². The highest BCUT2D eigenvalue weighted by Gasteiger charge is 2.25. The molecule has 1 fully saturated rings. The summed E-state index contributed by atoms with van der Waals surface area (Å²) in [6, 6.07) is 6.87. The smallest absolute Gasteiger partial charge is 0.225 e. The molecule has 27 heavy (non-hydrogen) atoms. The standard InChI is InChI=1S/C19H25FN4O2S/c1-14(25)24(8-9-26-2)19-22-17(13-27-19)12-23-7-6-21-11-18(23)15-4-3-5-16(20)10-15/h3-5,10,13,18,21H,6-9,11-12H2,1-2H3. The quantitative estimate of drug-likeness (QED) is 0.784. The molecular formula is C19H25FN4O2S. The van der Waals surface area contributed by atoms with Crippen LogP contribution in [0.25, 0.3) is 0 Å². The van der Waals surface area contributed by atoms with Crippen molar-refractivity contribution < 1.29 is 13.9 Å². The van der Waals surface area contributed by atoms with E-state index in [1.165, 1.54) is 24.3 Å². The number of thiazole rings is 1. The Bertz CT molecular complexity index is 770. The number of anilines is 1. The molecule has 1 N–H and O–H groups in total. The molecular weight excluding hydrogens is 367 g/mol. The van der Waals surface area contributed by atoms with E-state index >= 15 is 0 Å². The first-order valence-electron chi connectivity index (χ1n) is 9.00. The second kappa shape index (κ2) is 9.36. The van der Waals surface area contributed by atoms with Gasteiger partial charge in [-0.05, 0) is 17.7 Å². The highest BCUT2D eigenvalue weighted by atomic mass is 32.1. The Balaban J connectivity index is 1.73. The molecule has 8 heteroatoms. The number of aromatic nitrogens is 1. The van der Waals surface area contributed by atoms with E-state index in [-0.39, 0.29) is 17.8 Å². The zero-order valence-corrected chi connectivity index (χ0v) is 16.5. The average molecular weight is 392 g/mol. The molecule has 2 heterocycles. The summed E-state index contributed by atoms with van der Waals surface area (Å²) >= 11 is 1.46. The van der Waals surface area contributed by atoms with Crippen LogP contribution in [0.5, 0.6) is 0 Å². The fraction of sp³-hybridized carbons (Fsp3) is 0.474. The SMILES string of the molecule is COCCN(C(C)=O)c1nc(CN2CCNCC2c2cccc(F)c2)cs1. The van der Waals surface area contributed by atoms with Gasteiger partial charge in [0.1, 0.15) is 5.82 Å². The summed E-state index contributed by atoms with van der Waals surface area (Å²) in [4.78, 5) is 20.5. The van der Waals surface area contributed by atoms with Gasteiger partial charge in [0.25, 0.3) is 0 Å². The maximum absolute atomic E-state index is 13.6. The first-order chi connectivity index (χ1) is 13.1. The summed E-state index contributed by atoms with van der Waals surface area (Å²) < 4.78 is 18.7. The van der Waals surface area contributed by atoms with Crippen molar-refractivity contribution in [3.63, 3.8) is 0 Å². The van der Waals surface area contributed by atoms with E-state index in [9.17, 15) is 9.18 Å². The number of nitrogens with one attached hydrogen (secondary N) is 1. The van der Waals surface area contributed by atoms with Crippen molar-refractivity contribution in [2.75, 3.05) is 44.8 Å². The number of hydrogen-bond donors (Lipinski definition) is 1. The minimum absolute atomic E-state index is 0.0484. The number of carbonyl (C=O) groups excluding carboxylic acids is 1. The minimum atomic E-state index is -0.218. The molecule has 146 valence electrons. The molecule has 0 saturated carbocycles. The molecule has 3 rings (SSSR count). The zero-order chi connectivity index (χ0) is 19.2. The highest BCUT2D eigenvalue weighted by molar-refractivity contribution is 7.14. The number of benzene rings is 1. The molecule has 1 aromatic heterocycles. The van der Waals surface area contributed by atoms with Gasteiger partial charge in [-0.2, -0.15) is 0 Å². The van der Waals surface area contributed by atoms with Gasteiger partial charge in [0.15, 0.2) is 5.13 Å². The van der Waals surface area contributed by atoms with Crippen LogP contribution in [0.15, 0.2) is 29.6 Å². The largest absolute Gasteiger partial charge is 0.383 e. The Morgan fingerprint density at radius 3 is 3.11 bits per heavy atom. The van der Waals surface area contributed by atoms with E-state index in [1.54, 1.807) is 24.1 Å². The monoisotopic (exact) mass is 392 g/mol. The van der Waals surface area contributed by atoms with Crippen LogP contribution in [-0.2, 0) is 16.1 Å². The number of nitrogens with zero attached hydrogens (tertiary/aromatic N) is 3. The maximum Gasteiger partial charge on any atom is 0.225 e. The number of hydrogen-bond acceptors (Lipinski definition) is 6. The van der Waals surface area contributed by atoms with Gasteiger partial charge >= 0.3 is 0 Å². The minimum Gasteiger partial charge on any atom is -0.383 e. The van der Waals surface area contributed by atoms with Crippen LogP contribution >= 0.6 is 11.3 Å². The summed E-state index contributed by atoms with van der Waals surface area (Å²) in [7, 11) is 1.61. The number of halogens is 1. The van der Waals surface area contributed by atoms with E-state index in [2.05, 4.69) is 15.2 Å². The topological polar surface area (TPSA) is 57.7 Å². The Morgan fingerprint density at radius 2 is 2.37 bits per heavy atom. The van der Waals surface area contributed by atoms with Crippen LogP contribution in [0.4, 0.5) is 9.52 Å². The van der Waals surface area contributed by atoms with E-state index in [4.69, 9.17) is 4.74 Å². The van der Waals surface area contributed by atoms with E-state index < -0.39 is 0 Å². The van der Waals surface area contributed by atoms with Gasteiger partial charge in [-0.15, -0.1) is 11.3 Å². The number of piperazine rings is 1. The maximum atomic E-state index is 13.6. The fourth-order valence-electron chi connectivity index (χ4n) is 3.25. The summed E-state index contributed by atoms with van der Waals surface area (Å²) in [6.07, 6.45) is 0. The molecule has 1 aliphatic heterocycles. The van der Waals surface area contributed by atoms with Gasteiger partial charge in [-0.25, -0.2) is 9.37 Å². The molecule has 1 aliphatic rings. The first kappa shape index (κ1) is 19.9. The molecule has 1 saturated heterocycles. The molecule has 1 aromatic carbocycles. The Hall–Kier alpha value is -1.87. The molecule has 1 amide bonds. The van der Waals surface area contributed by atoms with Crippen LogP contribution in [0.3, 0.4) is 0 Å². The van der Waals surface area contributed by atoms with Crippen LogP contribution < -0.4 is 10.2 Å². The van der Waals surface area contributed by atoms with Gasteiger partial charge in [-0.3, -0.25) is 14.6 Å². The van der Waals surface area contributed by atoms with Gasteiger partial charge in [0.05, 0.1) is 18.8 Å². The van der Waals surface area contributed by atoms with Crippen molar-refractivity contribution in [1.82, 2.24) is 15.2 Å². The molecule has 6 nitrogen and oxygen atoms in total. The third-order valence-electron chi connectivity index (χ3n) is 4.62. The van der Waals surface area contributed by atoms with Crippen LogP contribution in [0.2, 0.25) is 0 Å². The second-order valence-electron chi connectivity index (χ2n) is 6.53. The molecule has 0 aliphatic carbocycles. The number of carbonyl (C=O) groups is 1. The molecule has 1 atom stereocenters. The predicted octanol–water partition coefficient (Wildman–Crippen LogP) is 2.43.